The number of nitrogens with two attached hydrogens (primary N) is 1. The largest absolute Gasteiger partial charge is 0.494 e. The van der Waals surface area contributed by atoms with Crippen LogP contribution in [-0.2, 0) is 0 Å². The van der Waals surface area contributed by atoms with Gasteiger partial charge in [-0.05, 0) is 43.9 Å². The van der Waals surface area contributed by atoms with E-state index in [2.05, 4.69) is 0 Å². The quantitative estimate of drug-likeness (QED) is 0.200. The maximum atomic E-state index is 12.3. The van der Waals surface area contributed by atoms with E-state index >= 15 is 0 Å². The van der Waals surface area contributed by atoms with E-state index in [0.29, 0.717) is 30.8 Å². The van der Waals surface area contributed by atoms with Crippen molar-refractivity contribution >= 4 is 5.78 Å². The summed E-state index contributed by atoms with van der Waals surface area (Å²) in [4.78, 5) is 12.3. The zero-order valence-corrected chi connectivity index (χ0v) is 20.6. The normalized spacial score (nSPS) is 12.0. The topological polar surface area (TPSA) is 52.3 Å². The number of carbonyl (C=O) groups is 1. The number of ether oxygens (including phenoxy) is 1. The molecule has 1 unspecified atom stereocenters. The molecule has 0 aliphatic heterocycles. The second-order valence-corrected chi connectivity index (χ2v) is 7.72. The molecule has 35 heavy (non-hydrogen) atoms. The smallest absolute Gasteiger partial charge is 0.389 e. The number of halogens is 6. The number of unbranched alkanes of at least 4 members (excludes halogenated alkanes) is 2. The van der Waals surface area contributed by atoms with E-state index in [1.807, 2.05) is 45.0 Å². The monoisotopic (exact) mass is 507 g/mol. The minimum Gasteiger partial charge on any atom is -0.494 e. The molecule has 2 rings (SSSR count). The van der Waals surface area contributed by atoms with Gasteiger partial charge in [-0.15, -0.1) is 0 Å². The van der Waals surface area contributed by atoms with Crippen LogP contribution in [0.1, 0.15) is 80.4 Å². The molecule has 0 saturated heterocycles. The van der Waals surface area contributed by atoms with E-state index in [9.17, 15) is 31.1 Å². The van der Waals surface area contributed by atoms with Crippen molar-refractivity contribution in [2.24, 2.45) is 5.73 Å². The summed E-state index contributed by atoms with van der Waals surface area (Å²) < 4.78 is 72.8. The predicted molar refractivity (Wildman–Crippen MR) is 127 cm³/mol. The van der Waals surface area contributed by atoms with Crippen LogP contribution < -0.4 is 10.5 Å². The predicted octanol–water partition coefficient (Wildman–Crippen LogP) is 8.36. The van der Waals surface area contributed by atoms with Gasteiger partial charge >= 0.3 is 12.4 Å². The van der Waals surface area contributed by atoms with E-state index in [4.69, 9.17) is 10.5 Å². The van der Waals surface area contributed by atoms with Crippen molar-refractivity contribution in [2.75, 3.05) is 6.61 Å². The van der Waals surface area contributed by atoms with Crippen LogP contribution in [-0.4, -0.2) is 24.7 Å². The number of Topliss-reactive ketones (excluding diaryl/α,β-unsaturated/α-hetero) is 1. The van der Waals surface area contributed by atoms with Crippen LogP contribution >= 0.6 is 0 Å². The first-order valence-corrected chi connectivity index (χ1v) is 11.5. The number of ketones is 1. The first-order chi connectivity index (χ1) is 16.2. The zero-order valence-electron chi connectivity index (χ0n) is 20.6. The van der Waals surface area contributed by atoms with E-state index in [-0.39, 0.29) is 25.5 Å². The minimum absolute atomic E-state index is 0.00770. The number of benzene rings is 2. The Hall–Kier alpha value is -2.55. The Morgan fingerprint density at radius 3 is 1.89 bits per heavy atom. The molecule has 0 aliphatic carbocycles. The Morgan fingerprint density at radius 1 is 0.886 bits per heavy atom. The number of carbonyl (C=O) groups excluding carboxylic acids is 1. The molecule has 0 aliphatic rings. The molecule has 2 aromatic carbocycles. The Morgan fingerprint density at radius 2 is 1.40 bits per heavy atom. The average molecular weight is 508 g/mol. The second kappa shape index (κ2) is 16.2. The molecule has 0 aromatic heterocycles. The lowest BCUT2D eigenvalue weighted by Crippen LogP contribution is -2.15. The van der Waals surface area contributed by atoms with Gasteiger partial charge in [-0.2, -0.15) is 26.3 Å². The van der Waals surface area contributed by atoms with Gasteiger partial charge in [0.05, 0.1) is 6.61 Å². The fraction of sp³-hybridized carbons (Fsp3) is 0.500. The van der Waals surface area contributed by atoms with Crippen LogP contribution in [0.25, 0.3) is 0 Å². The summed E-state index contributed by atoms with van der Waals surface area (Å²) in [6.45, 7) is 6.52. The maximum Gasteiger partial charge on any atom is 0.389 e. The molecule has 0 heterocycles. The van der Waals surface area contributed by atoms with Gasteiger partial charge in [-0.1, -0.05) is 55.8 Å². The zero-order chi connectivity index (χ0) is 27.1. The van der Waals surface area contributed by atoms with Gasteiger partial charge in [0.2, 0.25) is 0 Å². The summed E-state index contributed by atoms with van der Waals surface area (Å²) in [5.74, 6) is 0.628. The molecule has 1 atom stereocenters. The SMILES string of the molecule is CC.CC(F)(F)F.Cc1ccc(C(=O)CC(N)c2ccc(OCCCCCC(F)(F)F)cc2)cc1. The molecular formula is C26H35F6NO2. The molecule has 0 radical (unpaired) electrons. The number of aryl methyl sites for hydroxylation is 1. The molecule has 2 N–H and O–H groups in total. The Bertz CT molecular complexity index is 825. The van der Waals surface area contributed by atoms with Gasteiger partial charge in [0, 0.05) is 31.4 Å². The highest BCUT2D eigenvalue weighted by Crippen LogP contribution is 2.23. The van der Waals surface area contributed by atoms with Crippen LogP contribution in [0.4, 0.5) is 26.3 Å². The highest BCUT2D eigenvalue weighted by molar-refractivity contribution is 5.96. The summed E-state index contributed by atoms with van der Waals surface area (Å²) in [6, 6.07) is 14.1. The molecule has 0 spiro atoms. The highest BCUT2D eigenvalue weighted by Gasteiger charge is 2.25. The molecule has 198 valence electrons. The van der Waals surface area contributed by atoms with Gasteiger partial charge in [-0.25, -0.2) is 0 Å². The van der Waals surface area contributed by atoms with Crippen molar-refractivity contribution in [1.82, 2.24) is 0 Å². The lowest BCUT2D eigenvalue weighted by atomic mass is 9.98. The van der Waals surface area contributed by atoms with Crippen molar-refractivity contribution < 1.29 is 35.9 Å². The molecule has 2 aromatic rings. The lowest BCUT2D eigenvalue weighted by molar-refractivity contribution is -0.135. The highest BCUT2D eigenvalue weighted by atomic mass is 19.4. The first-order valence-electron chi connectivity index (χ1n) is 11.5. The summed E-state index contributed by atoms with van der Waals surface area (Å²) in [7, 11) is 0. The third kappa shape index (κ3) is 17.5. The maximum absolute atomic E-state index is 12.3. The summed E-state index contributed by atoms with van der Waals surface area (Å²) in [6.07, 6.45) is -7.46. The third-order valence-corrected chi connectivity index (χ3v) is 4.46. The van der Waals surface area contributed by atoms with Gasteiger partial charge in [0.15, 0.2) is 5.78 Å². The molecule has 0 fully saturated rings. The molecule has 0 saturated carbocycles. The average Bonchev–Trinajstić information content (AvgIpc) is 2.76. The summed E-state index contributed by atoms with van der Waals surface area (Å²) in [5, 5.41) is 0. The van der Waals surface area contributed by atoms with Gasteiger partial charge in [-0.3, -0.25) is 4.79 Å². The molecule has 0 bridgehead atoms. The summed E-state index contributed by atoms with van der Waals surface area (Å²) >= 11 is 0. The fourth-order valence-electron chi connectivity index (χ4n) is 2.78. The lowest BCUT2D eigenvalue weighted by Gasteiger charge is -2.13. The van der Waals surface area contributed by atoms with Crippen LogP contribution in [0.15, 0.2) is 48.5 Å². The molecule has 3 nitrogen and oxygen atoms in total. The van der Waals surface area contributed by atoms with Crippen molar-refractivity contribution in [1.29, 1.82) is 0 Å². The van der Waals surface area contributed by atoms with Gasteiger partial charge < -0.3 is 10.5 Å². The van der Waals surface area contributed by atoms with Gasteiger partial charge in [0.1, 0.15) is 5.75 Å². The van der Waals surface area contributed by atoms with Crippen LogP contribution in [0.3, 0.4) is 0 Å². The standard InChI is InChI=1S/C22H26F3NO2.C2H3F3.C2H6/c1-16-5-7-18(8-6-16)21(27)15-20(26)17-9-11-19(12-10-17)28-14-4-2-3-13-22(23,24)25;1-2(3,4)5;1-2/h5-12,20H,2-4,13-15,26H2,1H3;1H3;1-2H3. The van der Waals surface area contributed by atoms with Crippen molar-refractivity contribution in [3.05, 3.63) is 65.2 Å². The number of hydrogen-bond donors (Lipinski definition) is 1. The number of alkyl halides is 6. The van der Waals surface area contributed by atoms with Crippen molar-refractivity contribution in [2.45, 2.75) is 78.2 Å². The van der Waals surface area contributed by atoms with E-state index in [1.165, 1.54) is 0 Å². The second-order valence-electron chi connectivity index (χ2n) is 7.72. The Balaban J connectivity index is 0.00000146. The van der Waals surface area contributed by atoms with E-state index in [0.717, 1.165) is 11.1 Å². The number of hydrogen-bond acceptors (Lipinski definition) is 3. The number of rotatable bonds is 10. The van der Waals surface area contributed by atoms with Crippen LogP contribution in [0.5, 0.6) is 5.75 Å². The third-order valence-electron chi connectivity index (χ3n) is 4.46. The van der Waals surface area contributed by atoms with E-state index < -0.39 is 24.8 Å². The first kappa shape index (κ1) is 32.5. The molecular weight excluding hydrogens is 472 g/mol. The molecule has 0 amide bonds. The van der Waals surface area contributed by atoms with Crippen LogP contribution in [0, 0.1) is 6.92 Å². The van der Waals surface area contributed by atoms with E-state index in [1.54, 1.807) is 24.3 Å². The fourth-order valence-corrected chi connectivity index (χ4v) is 2.78. The van der Waals surface area contributed by atoms with Crippen LogP contribution in [0.2, 0.25) is 0 Å². The summed E-state index contributed by atoms with van der Waals surface area (Å²) in [5.41, 5.74) is 8.72. The Kier molecular flexibility index (Phi) is 15.0. The van der Waals surface area contributed by atoms with Crippen molar-refractivity contribution in [3.8, 4) is 5.75 Å². The Labute approximate surface area is 203 Å². The van der Waals surface area contributed by atoms with Crippen molar-refractivity contribution in [3.63, 3.8) is 0 Å². The minimum atomic E-state index is -4.09. The molecule has 9 heteroatoms. The van der Waals surface area contributed by atoms with Gasteiger partial charge in [0.25, 0.3) is 0 Å².